The summed E-state index contributed by atoms with van der Waals surface area (Å²) in [5.41, 5.74) is 7.36. The lowest BCUT2D eigenvalue weighted by Crippen LogP contribution is -2.06. The van der Waals surface area contributed by atoms with Crippen LogP contribution in [0.2, 0.25) is 0 Å². The van der Waals surface area contributed by atoms with Gasteiger partial charge >= 0.3 is 0 Å². The molecule has 2 aromatic heterocycles. The van der Waals surface area contributed by atoms with Crippen LogP contribution in [0.25, 0.3) is 16.9 Å². The second-order valence-corrected chi connectivity index (χ2v) is 7.75. The van der Waals surface area contributed by atoms with Crippen molar-refractivity contribution < 1.29 is 9.15 Å². The number of aromatic nitrogens is 3. The Morgan fingerprint density at radius 3 is 2.67 bits per heavy atom. The maximum absolute atomic E-state index is 9.19. The number of hydrogen-bond donors (Lipinski definition) is 1. The molecule has 0 aliphatic rings. The number of para-hydroxylation sites is 1. The zero-order chi connectivity index (χ0) is 23.4. The van der Waals surface area contributed by atoms with Crippen molar-refractivity contribution in [2.75, 3.05) is 5.43 Å². The summed E-state index contributed by atoms with van der Waals surface area (Å²) in [4.78, 5) is 4.01. The highest BCUT2D eigenvalue weighted by atomic mass is 16.5. The highest BCUT2D eigenvalue weighted by Gasteiger charge is 2.14. The zero-order valence-electron chi connectivity index (χ0n) is 18.9. The second kappa shape index (κ2) is 9.40. The third-order valence-electron chi connectivity index (χ3n) is 4.78. The topological polar surface area (TPSA) is 101 Å². The summed E-state index contributed by atoms with van der Waals surface area (Å²) in [5.74, 6) is 1.44. The van der Waals surface area contributed by atoms with E-state index in [4.69, 9.17) is 14.3 Å². The number of aryl methyl sites for hydroxylation is 2. The fourth-order valence-electron chi connectivity index (χ4n) is 3.34. The summed E-state index contributed by atoms with van der Waals surface area (Å²) < 4.78 is 13.1. The van der Waals surface area contributed by atoms with Gasteiger partial charge in [-0.2, -0.15) is 15.5 Å². The minimum Gasteiger partial charge on any atom is -0.491 e. The number of nitrogens with one attached hydrogen (secondary N) is 1. The maximum atomic E-state index is 9.19. The Balaban J connectivity index is 1.70. The quantitative estimate of drug-likeness (QED) is 0.311. The van der Waals surface area contributed by atoms with Gasteiger partial charge in [-0.1, -0.05) is 18.2 Å². The smallest absolute Gasteiger partial charge is 0.252 e. The highest BCUT2D eigenvalue weighted by Crippen LogP contribution is 2.28. The summed E-state index contributed by atoms with van der Waals surface area (Å²) in [6, 6.07) is 17.8. The van der Waals surface area contributed by atoms with Crippen LogP contribution in [-0.4, -0.2) is 27.1 Å². The molecule has 0 saturated carbocycles. The number of hydrogen-bond acceptors (Lipinski definition) is 7. The van der Waals surface area contributed by atoms with Gasteiger partial charge in [-0.25, -0.2) is 15.1 Å². The number of oxazole rings is 1. The Labute approximate surface area is 192 Å². The fraction of sp³-hybridized carbons (Fsp3) is 0.200. The van der Waals surface area contributed by atoms with Crippen molar-refractivity contribution in [3.05, 3.63) is 77.4 Å². The lowest BCUT2D eigenvalue weighted by Gasteiger charge is -2.13. The van der Waals surface area contributed by atoms with Crippen molar-refractivity contribution >= 4 is 12.1 Å². The molecule has 0 fully saturated rings. The molecular weight excluding hydrogens is 416 g/mol. The van der Waals surface area contributed by atoms with E-state index in [2.05, 4.69) is 15.5 Å². The molecule has 0 atom stereocenters. The van der Waals surface area contributed by atoms with Gasteiger partial charge in [0.2, 0.25) is 5.69 Å². The van der Waals surface area contributed by atoms with Crippen LogP contribution < -0.4 is 10.2 Å². The van der Waals surface area contributed by atoms with Crippen molar-refractivity contribution in [1.82, 2.24) is 14.8 Å². The molecule has 0 amide bonds. The van der Waals surface area contributed by atoms with Gasteiger partial charge in [-0.3, -0.25) is 0 Å². The molecule has 0 radical (unpaired) electrons. The molecular formula is C25H24N6O2. The number of hydrazone groups is 1. The number of nitrogens with zero attached hydrogens (tertiary/aromatic N) is 5. The van der Waals surface area contributed by atoms with Gasteiger partial charge in [0, 0.05) is 24.2 Å². The van der Waals surface area contributed by atoms with E-state index < -0.39 is 0 Å². The monoisotopic (exact) mass is 440 g/mol. The first kappa shape index (κ1) is 21.8. The molecule has 4 aromatic rings. The summed E-state index contributed by atoms with van der Waals surface area (Å²) in [6.45, 7) is 7.70. The van der Waals surface area contributed by atoms with Crippen LogP contribution in [0.4, 0.5) is 5.88 Å². The molecule has 33 heavy (non-hydrogen) atoms. The van der Waals surface area contributed by atoms with E-state index in [1.165, 1.54) is 0 Å². The van der Waals surface area contributed by atoms with Crippen molar-refractivity contribution in [3.8, 4) is 28.8 Å². The standard InChI is InChI=1S/C25H24N6O2/c1-16(2)32-23-11-10-19(12-17(23)3)24-20(15-31(30-24)21-8-6-5-7-9-21)14-27-29-25-22(13-26)28-18(4)33-25/h5-12,14-16,29H,1-4H3/b27-14+. The van der Waals surface area contributed by atoms with Gasteiger partial charge in [-0.05, 0) is 56.7 Å². The van der Waals surface area contributed by atoms with Crippen LogP contribution in [0.3, 0.4) is 0 Å². The molecule has 2 heterocycles. The molecule has 0 bridgehead atoms. The summed E-state index contributed by atoms with van der Waals surface area (Å²) in [7, 11) is 0. The average Bonchev–Trinajstić information content (AvgIpc) is 3.39. The van der Waals surface area contributed by atoms with E-state index in [1.54, 1.807) is 13.1 Å². The van der Waals surface area contributed by atoms with Gasteiger partial charge in [0.25, 0.3) is 5.88 Å². The first-order valence-electron chi connectivity index (χ1n) is 10.5. The van der Waals surface area contributed by atoms with Gasteiger partial charge in [0.1, 0.15) is 17.5 Å². The molecule has 0 saturated heterocycles. The number of nitriles is 1. The number of benzene rings is 2. The molecule has 0 aliphatic heterocycles. The lowest BCUT2D eigenvalue weighted by molar-refractivity contribution is 0.241. The molecule has 4 rings (SSSR count). The molecule has 166 valence electrons. The lowest BCUT2D eigenvalue weighted by atomic mass is 10.1. The van der Waals surface area contributed by atoms with E-state index in [-0.39, 0.29) is 17.7 Å². The van der Waals surface area contributed by atoms with E-state index in [1.807, 2.05) is 86.3 Å². The average molecular weight is 441 g/mol. The summed E-state index contributed by atoms with van der Waals surface area (Å²) >= 11 is 0. The molecule has 8 nitrogen and oxygen atoms in total. The number of ether oxygens (including phenoxy) is 1. The molecule has 8 heteroatoms. The van der Waals surface area contributed by atoms with E-state index in [9.17, 15) is 5.26 Å². The highest BCUT2D eigenvalue weighted by molar-refractivity contribution is 5.89. The maximum Gasteiger partial charge on any atom is 0.252 e. The Morgan fingerprint density at radius 2 is 1.97 bits per heavy atom. The predicted molar refractivity (Wildman–Crippen MR) is 127 cm³/mol. The van der Waals surface area contributed by atoms with Crippen LogP contribution in [0, 0.1) is 25.2 Å². The normalized spacial score (nSPS) is 11.2. The van der Waals surface area contributed by atoms with Gasteiger partial charge in [-0.15, -0.1) is 0 Å². The van der Waals surface area contributed by atoms with Crippen molar-refractivity contribution in [2.24, 2.45) is 5.10 Å². The van der Waals surface area contributed by atoms with E-state index >= 15 is 0 Å². The first-order chi connectivity index (χ1) is 15.9. The number of anilines is 1. The molecule has 1 N–H and O–H groups in total. The minimum atomic E-state index is 0.0960. The fourth-order valence-corrected chi connectivity index (χ4v) is 3.34. The van der Waals surface area contributed by atoms with Crippen molar-refractivity contribution in [2.45, 2.75) is 33.8 Å². The molecule has 2 aromatic carbocycles. The Kier molecular flexibility index (Phi) is 6.22. The minimum absolute atomic E-state index is 0.0960. The molecule has 0 spiro atoms. The SMILES string of the molecule is Cc1nc(C#N)c(N/N=C/c2cn(-c3ccccc3)nc2-c2ccc(OC(C)C)c(C)c2)o1. The predicted octanol–water partition coefficient (Wildman–Crippen LogP) is 5.25. The molecule has 0 aliphatic carbocycles. The van der Waals surface area contributed by atoms with Crippen LogP contribution in [0.15, 0.2) is 64.2 Å². The van der Waals surface area contributed by atoms with Gasteiger partial charge in [0.05, 0.1) is 18.0 Å². The zero-order valence-corrected chi connectivity index (χ0v) is 18.9. The second-order valence-electron chi connectivity index (χ2n) is 7.75. The van der Waals surface area contributed by atoms with Crippen LogP contribution >= 0.6 is 0 Å². The third kappa shape index (κ3) is 4.93. The Hall–Kier alpha value is -4.38. The van der Waals surface area contributed by atoms with Crippen LogP contribution in [0.1, 0.15) is 36.6 Å². The largest absolute Gasteiger partial charge is 0.491 e. The summed E-state index contributed by atoms with van der Waals surface area (Å²) in [5, 5.41) is 18.3. The number of rotatable bonds is 7. The third-order valence-corrected chi connectivity index (χ3v) is 4.78. The summed E-state index contributed by atoms with van der Waals surface area (Å²) in [6.07, 6.45) is 3.65. The van der Waals surface area contributed by atoms with Gasteiger partial charge < -0.3 is 9.15 Å². The van der Waals surface area contributed by atoms with Crippen LogP contribution in [-0.2, 0) is 0 Å². The van der Waals surface area contributed by atoms with Gasteiger partial charge in [0.15, 0.2) is 5.89 Å². The van der Waals surface area contributed by atoms with Crippen LogP contribution in [0.5, 0.6) is 5.75 Å². The van der Waals surface area contributed by atoms with E-state index in [0.717, 1.165) is 33.8 Å². The Morgan fingerprint density at radius 1 is 1.18 bits per heavy atom. The first-order valence-corrected chi connectivity index (χ1v) is 10.5. The molecule has 0 unspecified atom stereocenters. The Bertz CT molecular complexity index is 1330. The van der Waals surface area contributed by atoms with Crippen molar-refractivity contribution in [1.29, 1.82) is 5.26 Å². The van der Waals surface area contributed by atoms with Crippen molar-refractivity contribution in [3.63, 3.8) is 0 Å². The van der Waals surface area contributed by atoms with E-state index in [0.29, 0.717) is 5.89 Å².